The van der Waals surface area contributed by atoms with Gasteiger partial charge >= 0.3 is 29.6 Å². The second-order valence-electron chi connectivity index (χ2n) is 8.68. The van der Waals surface area contributed by atoms with Crippen LogP contribution in [0.15, 0.2) is 91.0 Å². The van der Waals surface area contributed by atoms with Gasteiger partial charge in [-0.05, 0) is 40.3 Å². The minimum atomic E-state index is -2.51. The molecular weight excluding hydrogens is 415 g/mol. The van der Waals surface area contributed by atoms with Crippen LogP contribution >= 0.6 is 0 Å². The SMILES string of the molecule is CCO[Si](C1C=Cc2ccccc21)(C1C=Cc2ccccc21)C1C=Cc2ccccc21.[H-].[Na+]. The van der Waals surface area contributed by atoms with Crippen molar-refractivity contribution < 1.29 is 35.4 Å². The zero-order chi connectivity index (χ0) is 20.8. The molecule has 1 nitrogen and oxygen atoms in total. The van der Waals surface area contributed by atoms with Crippen molar-refractivity contribution in [3.05, 3.63) is 124 Å². The first-order valence-electron chi connectivity index (χ1n) is 11.3. The molecule has 32 heavy (non-hydrogen) atoms. The Labute approximate surface area is 215 Å². The molecule has 3 aromatic carbocycles. The van der Waals surface area contributed by atoms with Gasteiger partial charge in [0.2, 0.25) is 8.32 Å². The third kappa shape index (κ3) is 3.20. The summed E-state index contributed by atoms with van der Waals surface area (Å²) in [5, 5.41) is 0. The molecule has 3 aliphatic carbocycles. The van der Waals surface area contributed by atoms with Crippen LogP contribution in [-0.2, 0) is 4.43 Å². The Balaban J connectivity index is 0.00000130. The third-order valence-corrected chi connectivity index (χ3v) is 12.5. The average Bonchev–Trinajstić information content (AvgIpc) is 3.54. The molecule has 0 saturated carbocycles. The number of hydrogen-bond acceptors (Lipinski definition) is 1. The molecule has 0 aromatic heterocycles. The molecule has 0 N–H and O–H groups in total. The van der Waals surface area contributed by atoms with Gasteiger partial charge in [0.1, 0.15) is 0 Å². The van der Waals surface area contributed by atoms with Crippen LogP contribution in [0.1, 0.15) is 58.4 Å². The normalized spacial score (nSPS) is 23.3. The molecule has 0 saturated heterocycles. The van der Waals surface area contributed by atoms with Gasteiger partial charge in [0.15, 0.2) is 0 Å². The fraction of sp³-hybridized carbons (Fsp3) is 0.172. The maximum Gasteiger partial charge on any atom is 1.00 e. The molecule has 3 heteroatoms. The number of fused-ring (bicyclic) bond motifs is 3. The van der Waals surface area contributed by atoms with E-state index in [4.69, 9.17) is 4.43 Å². The number of hydrogen-bond donors (Lipinski definition) is 0. The summed E-state index contributed by atoms with van der Waals surface area (Å²) in [4.78, 5) is 0. The molecule has 0 fully saturated rings. The molecule has 0 bridgehead atoms. The van der Waals surface area contributed by atoms with Crippen LogP contribution in [0.2, 0.25) is 0 Å². The van der Waals surface area contributed by atoms with E-state index in [1.165, 1.54) is 33.4 Å². The van der Waals surface area contributed by atoms with Crippen molar-refractivity contribution >= 4 is 26.5 Å². The second kappa shape index (κ2) is 8.77. The van der Waals surface area contributed by atoms with Crippen molar-refractivity contribution in [2.45, 2.75) is 23.5 Å². The van der Waals surface area contributed by atoms with Crippen LogP contribution < -0.4 is 29.6 Å². The van der Waals surface area contributed by atoms with E-state index in [9.17, 15) is 0 Å². The quantitative estimate of drug-likeness (QED) is 0.540. The summed E-state index contributed by atoms with van der Waals surface area (Å²) in [6, 6.07) is 26.7. The Bertz CT molecular complexity index is 1100. The fourth-order valence-electron chi connectivity index (χ4n) is 6.03. The van der Waals surface area contributed by atoms with Crippen molar-refractivity contribution in [1.29, 1.82) is 0 Å². The van der Waals surface area contributed by atoms with Crippen molar-refractivity contribution in [3.63, 3.8) is 0 Å². The van der Waals surface area contributed by atoms with Gasteiger partial charge in [0.25, 0.3) is 0 Å². The zero-order valence-corrected chi connectivity index (χ0v) is 21.7. The van der Waals surface area contributed by atoms with Crippen molar-refractivity contribution in [2.24, 2.45) is 0 Å². The molecule has 3 unspecified atom stereocenters. The van der Waals surface area contributed by atoms with E-state index in [-0.39, 0.29) is 31.0 Å². The van der Waals surface area contributed by atoms with Crippen molar-refractivity contribution in [1.82, 2.24) is 0 Å². The maximum atomic E-state index is 7.14. The van der Waals surface area contributed by atoms with Crippen molar-refractivity contribution in [2.75, 3.05) is 6.61 Å². The summed E-state index contributed by atoms with van der Waals surface area (Å²) in [5.41, 5.74) is 9.24. The molecule has 3 aliphatic rings. The molecule has 0 heterocycles. The largest absolute Gasteiger partial charge is 1.00 e. The van der Waals surface area contributed by atoms with Crippen molar-refractivity contribution in [3.8, 4) is 0 Å². The summed E-state index contributed by atoms with van der Waals surface area (Å²) >= 11 is 0. The summed E-state index contributed by atoms with van der Waals surface area (Å²) in [7, 11) is -2.51. The summed E-state index contributed by atoms with van der Waals surface area (Å²) < 4.78 is 7.14. The molecule has 0 radical (unpaired) electrons. The predicted octanol–water partition coefficient (Wildman–Crippen LogP) is 4.13. The van der Waals surface area contributed by atoms with E-state index in [1.54, 1.807) is 0 Å². The van der Waals surface area contributed by atoms with Gasteiger partial charge in [-0.1, -0.05) is 109 Å². The average molecular weight is 443 g/mol. The smallest absolute Gasteiger partial charge is 1.00 e. The number of rotatable bonds is 5. The van der Waals surface area contributed by atoms with Crippen LogP contribution in [-0.4, -0.2) is 14.9 Å². The topological polar surface area (TPSA) is 9.23 Å². The van der Waals surface area contributed by atoms with Gasteiger partial charge in [0, 0.05) is 23.2 Å². The predicted molar refractivity (Wildman–Crippen MR) is 133 cm³/mol. The molecular formula is C29H27NaOSi. The van der Waals surface area contributed by atoms with E-state index in [1.807, 2.05) is 0 Å². The van der Waals surface area contributed by atoms with Gasteiger partial charge < -0.3 is 5.85 Å². The molecule has 154 valence electrons. The molecule has 0 aliphatic heterocycles. The van der Waals surface area contributed by atoms with Gasteiger partial charge in [0.05, 0.1) is 0 Å². The van der Waals surface area contributed by atoms with E-state index in [0.29, 0.717) is 16.6 Å². The Morgan fingerprint density at radius 3 is 1.31 bits per heavy atom. The van der Waals surface area contributed by atoms with Crippen LogP contribution in [0, 0.1) is 0 Å². The summed E-state index contributed by atoms with van der Waals surface area (Å²) in [5.74, 6) is 0. The Hall–Kier alpha value is -1.94. The standard InChI is InChI=1S/C29H26OSi.Na.H/c1-2-30-31(27-18-15-21-9-3-6-12-24(21)27,28-19-16-22-10-4-7-13-25(22)28)29-20-17-23-11-5-8-14-26(23)29;;/h3-20,27-29H,2H2,1H3;;/q;+1;-1. The minimum Gasteiger partial charge on any atom is -1.00 e. The molecule has 0 spiro atoms. The van der Waals surface area contributed by atoms with E-state index in [0.717, 1.165) is 6.61 Å². The Kier molecular flexibility index (Phi) is 6.00. The molecule has 3 atom stereocenters. The molecule has 3 aromatic rings. The fourth-order valence-corrected chi connectivity index (χ4v) is 11.7. The van der Waals surface area contributed by atoms with Gasteiger partial charge in [-0.25, -0.2) is 0 Å². The van der Waals surface area contributed by atoms with E-state index >= 15 is 0 Å². The zero-order valence-electron chi connectivity index (χ0n) is 19.7. The third-order valence-electron chi connectivity index (χ3n) is 7.25. The first-order chi connectivity index (χ1) is 15.3. The van der Waals surface area contributed by atoms with Crippen LogP contribution in [0.4, 0.5) is 0 Å². The first-order valence-corrected chi connectivity index (χ1v) is 13.4. The number of benzene rings is 3. The maximum absolute atomic E-state index is 7.14. The molecule has 6 rings (SSSR count). The summed E-state index contributed by atoms with van der Waals surface area (Å²) in [6.45, 7) is 2.90. The van der Waals surface area contributed by atoms with Crippen LogP contribution in [0.3, 0.4) is 0 Å². The van der Waals surface area contributed by atoms with E-state index < -0.39 is 8.32 Å². The first kappa shape index (κ1) is 21.9. The summed E-state index contributed by atoms with van der Waals surface area (Å²) in [6.07, 6.45) is 14.3. The van der Waals surface area contributed by atoms with E-state index in [2.05, 4.69) is 116 Å². The van der Waals surface area contributed by atoms with Gasteiger partial charge in [-0.3, -0.25) is 0 Å². The minimum absolute atomic E-state index is 0. The Morgan fingerprint density at radius 1 is 0.625 bits per heavy atom. The Morgan fingerprint density at radius 2 is 0.969 bits per heavy atom. The van der Waals surface area contributed by atoms with Crippen LogP contribution in [0.25, 0.3) is 18.2 Å². The number of allylic oxidation sites excluding steroid dienone is 3. The molecule has 0 amide bonds. The monoisotopic (exact) mass is 442 g/mol. The van der Waals surface area contributed by atoms with Crippen LogP contribution in [0.5, 0.6) is 0 Å². The van der Waals surface area contributed by atoms with Gasteiger partial charge in [-0.15, -0.1) is 0 Å². The van der Waals surface area contributed by atoms with Gasteiger partial charge in [-0.2, -0.15) is 0 Å². The second-order valence-corrected chi connectivity index (χ2v) is 12.5.